The van der Waals surface area contributed by atoms with Crippen molar-refractivity contribution in [1.82, 2.24) is 0 Å². The Bertz CT molecular complexity index is 598. The molecular weight excluding hydrogens is 247 g/mol. The van der Waals surface area contributed by atoms with Crippen LogP contribution < -0.4 is 9.62 Å². The highest BCUT2D eigenvalue weighted by molar-refractivity contribution is 7.92. The topological polar surface area (TPSA) is 66.5 Å². The van der Waals surface area contributed by atoms with E-state index in [1.807, 2.05) is 0 Å². The molecule has 2 rings (SSSR count). The minimum Gasteiger partial charge on any atom is -0.312 e. The Morgan fingerprint density at radius 2 is 2.06 bits per heavy atom. The highest BCUT2D eigenvalue weighted by Crippen LogP contribution is 2.33. The number of nitrogens with one attached hydrogen (secondary N) is 1. The Morgan fingerprint density at radius 3 is 2.65 bits per heavy atom. The van der Waals surface area contributed by atoms with Gasteiger partial charge in [-0.3, -0.25) is 9.52 Å². The Hall–Kier alpha value is -1.63. The Morgan fingerprint density at radius 1 is 1.41 bits per heavy atom. The summed E-state index contributed by atoms with van der Waals surface area (Å²) in [4.78, 5) is 12.6. The first-order chi connectivity index (χ1) is 7.78. The van der Waals surface area contributed by atoms with Crippen LogP contribution in [0.4, 0.5) is 15.8 Å². The average molecular weight is 258 g/mol. The zero-order valence-electron chi connectivity index (χ0n) is 9.32. The molecule has 7 heteroatoms. The maximum Gasteiger partial charge on any atom is 0.231 e. The minimum atomic E-state index is -3.45. The van der Waals surface area contributed by atoms with Gasteiger partial charge in [0.2, 0.25) is 15.9 Å². The number of carbonyl (C=O) groups excluding carboxylic acids is 1. The lowest BCUT2D eigenvalue weighted by Crippen LogP contribution is -2.21. The number of carbonyl (C=O) groups is 1. The lowest BCUT2D eigenvalue weighted by Gasteiger charge is -2.12. The molecule has 1 aromatic carbocycles. The fraction of sp³-hybridized carbons (Fsp3) is 0.300. The summed E-state index contributed by atoms with van der Waals surface area (Å²) in [6.07, 6.45) is 1.07. The summed E-state index contributed by atoms with van der Waals surface area (Å²) in [5.74, 6) is -0.822. The van der Waals surface area contributed by atoms with Gasteiger partial charge >= 0.3 is 0 Å². The monoisotopic (exact) mass is 258 g/mol. The molecule has 92 valence electrons. The van der Waals surface area contributed by atoms with Gasteiger partial charge in [-0.1, -0.05) is 0 Å². The van der Waals surface area contributed by atoms with Crippen LogP contribution in [0, 0.1) is 5.82 Å². The second kappa shape index (κ2) is 3.69. The Labute approximate surface area is 98.3 Å². The molecule has 0 spiro atoms. The minimum absolute atomic E-state index is 0.0854. The third-order valence-corrected chi connectivity index (χ3v) is 3.10. The number of amides is 1. The molecule has 0 bridgehead atoms. The molecular formula is C10H11FN2O3S. The van der Waals surface area contributed by atoms with Gasteiger partial charge in [-0.25, -0.2) is 12.8 Å². The number of sulfonamides is 1. The average Bonchev–Trinajstić information content (AvgIpc) is 2.39. The van der Waals surface area contributed by atoms with Crippen LogP contribution in [-0.4, -0.2) is 27.6 Å². The summed E-state index contributed by atoms with van der Waals surface area (Å²) in [6, 6.07) is 2.54. The van der Waals surface area contributed by atoms with Crippen molar-refractivity contribution in [2.75, 3.05) is 22.9 Å². The van der Waals surface area contributed by atoms with E-state index in [2.05, 4.69) is 4.72 Å². The smallest absolute Gasteiger partial charge is 0.231 e. The van der Waals surface area contributed by atoms with E-state index in [9.17, 15) is 17.6 Å². The Balaban J connectivity index is 2.47. The van der Waals surface area contributed by atoms with Crippen molar-refractivity contribution >= 4 is 27.3 Å². The SMILES string of the molecule is CN1C(=O)Cc2cc(NS(C)(=O)=O)cc(F)c21. The lowest BCUT2D eigenvalue weighted by molar-refractivity contribution is -0.117. The number of anilines is 2. The molecule has 1 aromatic rings. The van der Waals surface area contributed by atoms with E-state index in [1.165, 1.54) is 18.0 Å². The summed E-state index contributed by atoms with van der Waals surface area (Å²) >= 11 is 0. The molecule has 1 aliphatic heterocycles. The van der Waals surface area contributed by atoms with Crippen LogP contribution in [0.25, 0.3) is 0 Å². The van der Waals surface area contributed by atoms with E-state index in [-0.39, 0.29) is 23.7 Å². The first kappa shape index (κ1) is 11.8. The van der Waals surface area contributed by atoms with Crippen molar-refractivity contribution in [3.63, 3.8) is 0 Å². The number of rotatable bonds is 2. The maximum absolute atomic E-state index is 13.7. The van der Waals surface area contributed by atoms with Gasteiger partial charge in [0.25, 0.3) is 0 Å². The summed E-state index contributed by atoms with van der Waals surface area (Å²) in [5.41, 5.74) is 0.838. The summed E-state index contributed by atoms with van der Waals surface area (Å²) in [6.45, 7) is 0. The first-order valence-electron chi connectivity index (χ1n) is 4.85. The zero-order chi connectivity index (χ0) is 12.8. The van der Waals surface area contributed by atoms with Gasteiger partial charge in [-0.2, -0.15) is 0 Å². The van der Waals surface area contributed by atoms with Crippen molar-refractivity contribution in [1.29, 1.82) is 0 Å². The highest BCUT2D eigenvalue weighted by Gasteiger charge is 2.28. The second-order valence-electron chi connectivity index (χ2n) is 3.97. The third kappa shape index (κ3) is 2.23. The van der Waals surface area contributed by atoms with Crippen LogP contribution in [0.2, 0.25) is 0 Å². The molecule has 0 fully saturated rings. The van der Waals surface area contributed by atoms with Crippen LogP contribution in [0.15, 0.2) is 12.1 Å². The van der Waals surface area contributed by atoms with Crippen LogP contribution in [-0.2, 0) is 21.2 Å². The molecule has 5 nitrogen and oxygen atoms in total. The van der Waals surface area contributed by atoms with Gasteiger partial charge < -0.3 is 4.90 Å². The van der Waals surface area contributed by atoms with E-state index in [1.54, 1.807) is 0 Å². The molecule has 0 aliphatic carbocycles. The van der Waals surface area contributed by atoms with Gasteiger partial charge in [-0.15, -0.1) is 0 Å². The summed E-state index contributed by atoms with van der Waals surface area (Å²) in [7, 11) is -1.97. The molecule has 1 aliphatic rings. The van der Waals surface area contributed by atoms with Gasteiger partial charge in [-0.05, 0) is 11.6 Å². The molecule has 1 heterocycles. The molecule has 17 heavy (non-hydrogen) atoms. The quantitative estimate of drug-likeness (QED) is 0.849. The molecule has 0 unspecified atom stereocenters. The van der Waals surface area contributed by atoms with E-state index in [4.69, 9.17) is 0 Å². The van der Waals surface area contributed by atoms with Crippen molar-refractivity contribution in [3.8, 4) is 0 Å². The predicted molar refractivity (Wildman–Crippen MR) is 62.0 cm³/mol. The number of likely N-dealkylation sites (N-methyl/N-ethyl adjacent to an activating group) is 1. The van der Waals surface area contributed by atoms with Gasteiger partial charge in [0.05, 0.1) is 24.1 Å². The van der Waals surface area contributed by atoms with Crippen molar-refractivity contribution in [2.24, 2.45) is 0 Å². The van der Waals surface area contributed by atoms with Gasteiger partial charge in [0, 0.05) is 13.1 Å². The van der Waals surface area contributed by atoms with E-state index in [0.29, 0.717) is 5.56 Å². The van der Waals surface area contributed by atoms with Crippen molar-refractivity contribution in [3.05, 3.63) is 23.5 Å². The lowest BCUT2D eigenvalue weighted by atomic mass is 10.1. The molecule has 1 amide bonds. The molecule has 0 saturated carbocycles. The van der Waals surface area contributed by atoms with E-state index < -0.39 is 15.8 Å². The van der Waals surface area contributed by atoms with Crippen LogP contribution in [0.3, 0.4) is 0 Å². The number of halogens is 1. The van der Waals surface area contributed by atoms with Crippen LogP contribution in [0.5, 0.6) is 0 Å². The molecule has 0 aromatic heterocycles. The largest absolute Gasteiger partial charge is 0.312 e. The molecule has 0 saturated heterocycles. The van der Waals surface area contributed by atoms with E-state index >= 15 is 0 Å². The van der Waals surface area contributed by atoms with E-state index in [0.717, 1.165) is 12.3 Å². The Kier molecular flexibility index (Phi) is 2.57. The number of nitrogens with zero attached hydrogens (tertiary/aromatic N) is 1. The summed E-state index contributed by atoms with van der Waals surface area (Å²) in [5, 5.41) is 0. The zero-order valence-corrected chi connectivity index (χ0v) is 10.1. The normalized spacial score (nSPS) is 15.0. The van der Waals surface area contributed by atoms with Gasteiger partial charge in [0.1, 0.15) is 5.82 Å². The fourth-order valence-corrected chi connectivity index (χ4v) is 2.39. The van der Waals surface area contributed by atoms with Crippen molar-refractivity contribution in [2.45, 2.75) is 6.42 Å². The predicted octanol–water partition coefficient (Wildman–Crippen LogP) is 0.716. The maximum atomic E-state index is 13.7. The number of benzene rings is 1. The van der Waals surface area contributed by atoms with Crippen LogP contribution >= 0.6 is 0 Å². The first-order valence-corrected chi connectivity index (χ1v) is 6.74. The number of hydrogen-bond donors (Lipinski definition) is 1. The second-order valence-corrected chi connectivity index (χ2v) is 5.72. The molecule has 0 atom stereocenters. The standard InChI is InChI=1S/C10H11FN2O3S/c1-13-9(14)4-6-3-7(12-17(2,15)16)5-8(11)10(6)13/h3,5,12H,4H2,1-2H3. The molecule has 0 radical (unpaired) electrons. The van der Waals surface area contributed by atoms with Crippen molar-refractivity contribution < 1.29 is 17.6 Å². The third-order valence-electron chi connectivity index (χ3n) is 2.50. The number of hydrogen-bond acceptors (Lipinski definition) is 3. The van der Waals surface area contributed by atoms with Gasteiger partial charge in [0.15, 0.2) is 0 Å². The number of fused-ring (bicyclic) bond motifs is 1. The molecule has 1 N–H and O–H groups in total. The highest BCUT2D eigenvalue weighted by atomic mass is 32.2. The fourth-order valence-electron chi connectivity index (χ4n) is 1.85. The summed E-state index contributed by atoms with van der Waals surface area (Å²) < 4.78 is 38.0. The van der Waals surface area contributed by atoms with Crippen LogP contribution in [0.1, 0.15) is 5.56 Å².